The largest absolute Gasteiger partial charge is 0.481 e. The Morgan fingerprint density at radius 3 is 3.00 bits per heavy atom. The van der Waals surface area contributed by atoms with E-state index in [0.29, 0.717) is 31.6 Å². The van der Waals surface area contributed by atoms with Crippen molar-refractivity contribution in [2.45, 2.75) is 25.3 Å². The lowest BCUT2D eigenvalue weighted by Crippen LogP contribution is -2.63. The van der Waals surface area contributed by atoms with Crippen molar-refractivity contribution in [2.75, 3.05) is 31.6 Å². The van der Waals surface area contributed by atoms with Crippen molar-refractivity contribution < 1.29 is 14.3 Å². The number of halogens is 1. The number of rotatable bonds is 2. The van der Waals surface area contributed by atoms with E-state index in [-0.39, 0.29) is 11.9 Å². The molecule has 0 bridgehead atoms. The van der Waals surface area contributed by atoms with Gasteiger partial charge in [0.05, 0.1) is 17.3 Å². The molecule has 0 radical (unpaired) electrons. The molecule has 5 nitrogen and oxygen atoms in total. The Balaban J connectivity index is 1.89. The Morgan fingerprint density at radius 1 is 1.48 bits per heavy atom. The van der Waals surface area contributed by atoms with Gasteiger partial charge in [0, 0.05) is 25.3 Å². The lowest BCUT2D eigenvalue weighted by Gasteiger charge is -2.52. The number of aromatic nitrogens is 1. The Hall–Kier alpha value is -1.69. The van der Waals surface area contributed by atoms with Crippen molar-refractivity contribution in [2.24, 2.45) is 5.41 Å². The second-order valence-electron chi connectivity index (χ2n) is 6.08. The molecule has 1 aromatic heterocycles. The van der Waals surface area contributed by atoms with Crippen molar-refractivity contribution in [3.8, 4) is 0 Å². The fraction of sp³-hybridized carbons (Fsp3) is 0.600. The SMILES string of the molecule is CN1CCC[C@]2(C(=O)O)CCN(c3ccncc3F)C[C@@H]12. The molecule has 3 heterocycles. The number of aliphatic carboxylic acids is 1. The molecule has 2 aliphatic rings. The minimum atomic E-state index is -0.714. The van der Waals surface area contributed by atoms with Crippen molar-refractivity contribution >= 4 is 11.7 Å². The van der Waals surface area contributed by atoms with Crippen LogP contribution in [0.25, 0.3) is 0 Å². The molecule has 0 aromatic carbocycles. The van der Waals surface area contributed by atoms with E-state index in [2.05, 4.69) is 9.88 Å². The Morgan fingerprint density at radius 2 is 2.29 bits per heavy atom. The third-order valence-corrected chi connectivity index (χ3v) is 5.04. The molecule has 0 amide bonds. The second kappa shape index (κ2) is 5.26. The summed E-state index contributed by atoms with van der Waals surface area (Å²) in [6, 6.07) is 1.58. The summed E-state index contributed by atoms with van der Waals surface area (Å²) in [4.78, 5) is 19.7. The van der Waals surface area contributed by atoms with Gasteiger partial charge in [-0.2, -0.15) is 0 Å². The van der Waals surface area contributed by atoms with Crippen LogP contribution in [-0.2, 0) is 4.79 Å². The smallest absolute Gasteiger partial charge is 0.311 e. The highest BCUT2D eigenvalue weighted by molar-refractivity contribution is 5.76. The van der Waals surface area contributed by atoms with E-state index in [0.717, 1.165) is 13.0 Å². The molecule has 2 atom stereocenters. The average Bonchev–Trinajstić information content (AvgIpc) is 2.48. The van der Waals surface area contributed by atoms with E-state index in [1.54, 1.807) is 12.3 Å². The molecule has 6 heteroatoms. The molecule has 2 saturated heterocycles. The molecular weight excluding hydrogens is 273 g/mol. The van der Waals surface area contributed by atoms with Crippen molar-refractivity contribution in [3.05, 3.63) is 24.3 Å². The van der Waals surface area contributed by atoms with E-state index in [9.17, 15) is 14.3 Å². The number of pyridine rings is 1. The number of hydrogen-bond acceptors (Lipinski definition) is 4. The Kier molecular flexibility index (Phi) is 3.57. The number of fused-ring (bicyclic) bond motifs is 1. The number of carbonyl (C=O) groups is 1. The van der Waals surface area contributed by atoms with Crippen molar-refractivity contribution in [1.82, 2.24) is 9.88 Å². The van der Waals surface area contributed by atoms with Gasteiger partial charge in [-0.3, -0.25) is 9.78 Å². The van der Waals surface area contributed by atoms with Crippen LogP contribution < -0.4 is 4.90 Å². The molecule has 2 aliphatic heterocycles. The third kappa shape index (κ3) is 2.27. The molecule has 0 aliphatic carbocycles. The van der Waals surface area contributed by atoms with Gasteiger partial charge in [-0.05, 0) is 38.9 Å². The van der Waals surface area contributed by atoms with Crippen molar-refractivity contribution in [3.63, 3.8) is 0 Å². The number of likely N-dealkylation sites (tertiary alicyclic amines) is 1. The number of piperidine rings is 2. The second-order valence-corrected chi connectivity index (χ2v) is 6.08. The van der Waals surface area contributed by atoms with E-state index >= 15 is 0 Å². The summed E-state index contributed by atoms with van der Waals surface area (Å²) in [6.45, 7) is 2.01. The summed E-state index contributed by atoms with van der Waals surface area (Å²) in [6.07, 6.45) is 4.95. The van der Waals surface area contributed by atoms with Crippen LogP contribution in [0.3, 0.4) is 0 Å². The summed E-state index contributed by atoms with van der Waals surface area (Å²) in [5.41, 5.74) is -0.171. The highest BCUT2D eigenvalue weighted by atomic mass is 19.1. The Bertz CT molecular complexity index is 553. The van der Waals surface area contributed by atoms with Crippen LogP contribution >= 0.6 is 0 Å². The summed E-state index contributed by atoms with van der Waals surface area (Å²) >= 11 is 0. The first-order chi connectivity index (χ1) is 10.0. The van der Waals surface area contributed by atoms with Gasteiger partial charge >= 0.3 is 5.97 Å². The summed E-state index contributed by atoms with van der Waals surface area (Å²) in [5.74, 6) is -1.06. The van der Waals surface area contributed by atoms with Crippen LogP contribution in [0.2, 0.25) is 0 Å². The fourth-order valence-corrected chi connectivity index (χ4v) is 3.83. The normalized spacial score (nSPS) is 30.0. The monoisotopic (exact) mass is 293 g/mol. The number of carboxylic acids is 1. The van der Waals surface area contributed by atoms with Gasteiger partial charge in [-0.25, -0.2) is 4.39 Å². The van der Waals surface area contributed by atoms with Crippen LogP contribution in [0.4, 0.5) is 10.1 Å². The summed E-state index contributed by atoms with van der Waals surface area (Å²) < 4.78 is 13.9. The Labute approximate surface area is 123 Å². The standard InChI is InChI=1S/C15H20FN3O2/c1-18-7-2-4-15(14(20)21)5-8-19(10-13(15)18)12-3-6-17-9-11(12)16/h3,6,9,13H,2,4-5,7-8,10H2,1H3,(H,20,21)/t13-,15+/m1/s1. The van der Waals surface area contributed by atoms with Gasteiger partial charge in [-0.1, -0.05) is 0 Å². The lowest BCUT2D eigenvalue weighted by atomic mass is 9.68. The molecule has 0 saturated carbocycles. The first kappa shape index (κ1) is 14.3. The molecule has 114 valence electrons. The molecule has 2 fully saturated rings. The minimum absolute atomic E-state index is 0.0786. The van der Waals surface area contributed by atoms with Gasteiger partial charge in [-0.15, -0.1) is 0 Å². The number of nitrogens with zero attached hydrogens (tertiary/aromatic N) is 3. The predicted molar refractivity (Wildman–Crippen MR) is 76.7 cm³/mol. The quantitative estimate of drug-likeness (QED) is 0.897. The molecule has 0 unspecified atom stereocenters. The zero-order chi connectivity index (χ0) is 15.0. The lowest BCUT2D eigenvalue weighted by molar-refractivity contribution is -0.158. The van der Waals surface area contributed by atoms with Crippen LogP contribution in [-0.4, -0.2) is 53.7 Å². The van der Waals surface area contributed by atoms with Gasteiger partial charge in [0.2, 0.25) is 0 Å². The molecule has 0 spiro atoms. The first-order valence-electron chi connectivity index (χ1n) is 7.33. The summed E-state index contributed by atoms with van der Waals surface area (Å²) in [7, 11) is 1.97. The predicted octanol–water partition coefficient (Wildman–Crippen LogP) is 1.60. The zero-order valence-corrected chi connectivity index (χ0v) is 12.1. The maximum atomic E-state index is 13.9. The van der Waals surface area contributed by atoms with Gasteiger partial charge in [0.25, 0.3) is 0 Å². The maximum absolute atomic E-state index is 13.9. The highest BCUT2D eigenvalue weighted by Crippen LogP contribution is 2.43. The number of likely N-dealkylation sites (N-methyl/N-ethyl adjacent to an activating group) is 1. The van der Waals surface area contributed by atoms with E-state index < -0.39 is 11.4 Å². The molecular formula is C15H20FN3O2. The van der Waals surface area contributed by atoms with Gasteiger partial charge in [0.15, 0.2) is 5.82 Å². The van der Waals surface area contributed by atoms with Crippen LogP contribution in [0.5, 0.6) is 0 Å². The molecule has 1 aromatic rings. The first-order valence-corrected chi connectivity index (χ1v) is 7.33. The van der Waals surface area contributed by atoms with Gasteiger partial charge in [0.1, 0.15) is 0 Å². The summed E-state index contributed by atoms with van der Waals surface area (Å²) in [5, 5.41) is 9.72. The van der Waals surface area contributed by atoms with E-state index in [4.69, 9.17) is 0 Å². The zero-order valence-electron chi connectivity index (χ0n) is 12.1. The molecule has 21 heavy (non-hydrogen) atoms. The minimum Gasteiger partial charge on any atom is -0.481 e. The van der Waals surface area contributed by atoms with Crippen LogP contribution in [0.15, 0.2) is 18.5 Å². The van der Waals surface area contributed by atoms with E-state index in [1.807, 2.05) is 11.9 Å². The number of anilines is 1. The topological polar surface area (TPSA) is 56.7 Å². The van der Waals surface area contributed by atoms with Crippen molar-refractivity contribution in [1.29, 1.82) is 0 Å². The van der Waals surface area contributed by atoms with E-state index in [1.165, 1.54) is 6.20 Å². The fourth-order valence-electron chi connectivity index (χ4n) is 3.83. The average molecular weight is 293 g/mol. The molecule has 1 N–H and O–H groups in total. The molecule has 3 rings (SSSR count). The number of hydrogen-bond donors (Lipinski definition) is 1. The maximum Gasteiger partial charge on any atom is 0.311 e. The van der Waals surface area contributed by atoms with Crippen LogP contribution in [0.1, 0.15) is 19.3 Å². The number of carboxylic acid groups (broad SMARTS) is 1. The van der Waals surface area contributed by atoms with Crippen LogP contribution in [0, 0.1) is 11.2 Å². The third-order valence-electron chi connectivity index (χ3n) is 5.04. The highest BCUT2D eigenvalue weighted by Gasteiger charge is 2.52. The van der Waals surface area contributed by atoms with Gasteiger partial charge < -0.3 is 14.9 Å².